The molecule has 3 aliphatic heterocycles. The van der Waals surface area contributed by atoms with Crippen molar-refractivity contribution in [2.75, 3.05) is 49.6 Å². The number of methoxy groups -OCH3 is 1. The van der Waals surface area contributed by atoms with Crippen LogP contribution in [0, 0.1) is 0 Å². The third-order valence-corrected chi connectivity index (χ3v) is 9.27. The van der Waals surface area contributed by atoms with Crippen LogP contribution in [-0.4, -0.2) is 63.7 Å². The Hall–Kier alpha value is -2.23. The van der Waals surface area contributed by atoms with Crippen LogP contribution in [0.15, 0.2) is 46.2 Å². The van der Waals surface area contributed by atoms with Crippen molar-refractivity contribution in [1.82, 2.24) is 4.31 Å². The molecule has 1 fully saturated rings. The van der Waals surface area contributed by atoms with Gasteiger partial charge in [-0.15, -0.1) is 11.8 Å². The second-order valence-electron chi connectivity index (χ2n) is 8.06. The first kappa shape index (κ1) is 20.7. The van der Waals surface area contributed by atoms with Crippen LogP contribution in [-0.2, 0) is 21.2 Å². The first-order chi connectivity index (χ1) is 14.9. The number of piperazine rings is 1. The number of hydrogen-bond acceptors (Lipinski definition) is 6. The summed E-state index contributed by atoms with van der Waals surface area (Å²) in [5, 5.41) is 0.299. The van der Waals surface area contributed by atoms with Crippen molar-refractivity contribution in [3.63, 3.8) is 0 Å². The first-order valence-electron chi connectivity index (χ1n) is 10.4. The second kappa shape index (κ2) is 7.72. The van der Waals surface area contributed by atoms with Gasteiger partial charge >= 0.3 is 0 Å². The summed E-state index contributed by atoms with van der Waals surface area (Å²) in [5.74, 6) is 0.777. The van der Waals surface area contributed by atoms with Gasteiger partial charge in [0.25, 0.3) is 0 Å². The van der Waals surface area contributed by atoms with Crippen molar-refractivity contribution >= 4 is 39.1 Å². The number of nitrogens with zero attached hydrogens (tertiary/aromatic N) is 3. The van der Waals surface area contributed by atoms with E-state index in [4.69, 9.17) is 4.74 Å². The van der Waals surface area contributed by atoms with Gasteiger partial charge in [-0.05, 0) is 24.3 Å². The minimum Gasteiger partial charge on any atom is -0.495 e. The van der Waals surface area contributed by atoms with Gasteiger partial charge in [-0.1, -0.05) is 19.1 Å². The van der Waals surface area contributed by atoms with Gasteiger partial charge in [-0.2, -0.15) is 4.31 Å². The lowest BCUT2D eigenvalue weighted by Crippen LogP contribution is -2.48. The van der Waals surface area contributed by atoms with Gasteiger partial charge < -0.3 is 14.5 Å². The summed E-state index contributed by atoms with van der Waals surface area (Å²) < 4.78 is 34.1. The molecule has 5 rings (SSSR count). The maximum atomic E-state index is 13.6. The molecule has 2 aromatic rings. The molecule has 0 N–H and O–H groups in total. The third-order valence-electron chi connectivity index (χ3n) is 6.15. The Morgan fingerprint density at radius 1 is 1.06 bits per heavy atom. The number of carbonyl (C=O) groups excluding carboxylic acids is 1. The van der Waals surface area contributed by atoms with Crippen LogP contribution in [0.2, 0.25) is 0 Å². The van der Waals surface area contributed by atoms with Gasteiger partial charge in [0.15, 0.2) is 0 Å². The number of ether oxygens (including phenoxy) is 1. The molecule has 0 unspecified atom stereocenters. The van der Waals surface area contributed by atoms with E-state index in [0.717, 1.165) is 22.0 Å². The van der Waals surface area contributed by atoms with Crippen LogP contribution in [0.4, 0.5) is 11.4 Å². The topological polar surface area (TPSA) is 70.2 Å². The van der Waals surface area contributed by atoms with E-state index in [0.29, 0.717) is 43.5 Å². The number of hydrogen-bond donors (Lipinski definition) is 0. The normalized spacial score (nSPS) is 21.4. The third kappa shape index (κ3) is 3.39. The zero-order valence-corrected chi connectivity index (χ0v) is 19.2. The number of sulfonamides is 1. The average molecular weight is 460 g/mol. The van der Waals surface area contributed by atoms with E-state index in [1.54, 1.807) is 34.1 Å². The zero-order valence-electron chi connectivity index (χ0n) is 17.6. The summed E-state index contributed by atoms with van der Waals surface area (Å²) in [6.07, 6.45) is 0.159. The van der Waals surface area contributed by atoms with E-state index in [9.17, 15) is 13.2 Å². The van der Waals surface area contributed by atoms with Gasteiger partial charge in [0, 0.05) is 48.4 Å². The minimum absolute atomic E-state index is 0.00737. The Labute approximate surface area is 187 Å². The Morgan fingerprint density at radius 2 is 1.81 bits per heavy atom. The highest BCUT2D eigenvalue weighted by atomic mass is 32.2. The molecule has 3 heterocycles. The summed E-state index contributed by atoms with van der Waals surface area (Å²) in [4.78, 5) is 17.8. The quantitative estimate of drug-likeness (QED) is 0.700. The molecular formula is C22H25N3O4S2. The molecule has 1 amide bonds. The van der Waals surface area contributed by atoms with Crippen LogP contribution in [0.5, 0.6) is 5.75 Å². The smallest absolute Gasteiger partial charge is 0.243 e. The van der Waals surface area contributed by atoms with Crippen molar-refractivity contribution in [1.29, 1.82) is 0 Å². The molecular weight excluding hydrogens is 434 g/mol. The monoisotopic (exact) mass is 459 g/mol. The lowest BCUT2D eigenvalue weighted by atomic mass is 10.1. The van der Waals surface area contributed by atoms with Crippen molar-refractivity contribution in [2.24, 2.45) is 0 Å². The molecule has 164 valence electrons. The zero-order chi connectivity index (χ0) is 21.8. The SMILES string of the molecule is COc1ccccc1N1CCN(S(=O)(=O)c2ccc3c4c2CC(=O)N4C[C@@H](C)S3)CC1. The number of amides is 1. The predicted octanol–water partition coefficient (Wildman–Crippen LogP) is 2.59. The molecule has 0 bridgehead atoms. The van der Waals surface area contributed by atoms with E-state index in [1.807, 2.05) is 30.3 Å². The average Bonchev–Trinajstić information content (AvgIpc) is 3.10. The molecule has 31 heavy (non-hydrogen) atoms. The number of benzene rings is 2. The fourth-order valence-electron chi connectivity index (χ4n) is 4.67. The number of para-hydroxylation sites is 2. The maximum absolute atomic E-state index is 13.6. The number of anilines is 2. The summed E-state index contributed by atoms with van der Waals surface area (Å²) in [7, 11) is -2.04. The first-order valence-corrected chi connectivity index (χ1v) is 12.7. The highest BCUT2D eigenvalue weighted by Gasteiger charge is 2.40. The van der Waals surface area contributed by atoms with Crippen molar-refractivity contribution in [2.45, 2.75) is 28.4 Å². The summed E-state index contributed by atoms with van der Waals surface area (Å²) in [6, 6.07) is 11.3. The molecule has 9 heteroatoms. The number of rotatable bonds is 4. The number of carbonyl (C=O) groups is 1. The molecule has 3 aliphatic rings. The van der Waals surface area contributed by atoms with Gasteiger partial charge in [-0.25, -0.2) is 8.42 Å². The van der Waals surface area contributed by atoms with Crippen LogP contribution in [0.1, 0.15) is 12.5 Å². The van der Waals surface area contributed by atoms with E-state index in [2.05, 4.69) is 11.8 Å². The Bertz CT molecular complexity index is 1140. The molecule has 7 nitrogen and oxygen atoms in total. The van der Waals surface area contributed by atoms with Gasteiger partial charge in [0.05, 0.1) is 29.8 Å². The molecule has 0 spiro atoms. The van der Waals surface area contributed by atoms with Crippen molar-refractivity contribution in [3.8, 4) is 5.75 Å². The fourth-order valence-corrected chi connectivity index (χ4v) is 7.47. The largest absolute Gasteiger partial charge is 0.495 e. The van der Waals surface area contributed by atoms with Crippen LogP contribution >= 0.6 is 11.8 Å². The molecule has 1 saturated heterocycles. The summed E-state index contributed by atoms with van der Waals surface area (Å²) >= 11 is 1.71. The summed E-state index contributed by atoms with van der Waals surface area (Å²) in [6.45, 7) is 4.66. The molecule has 0 aromatic heterocycles. The summed E-state index contributed by atoms with van der Waals surface area (Å²) in [5.41, 5.74) is 2.44. The van der Waals surface area contributed by atoms with Crippen molar-refractivity contribution in [3.05, 3.63) is 42.0 Å². The Kier molecular flexibility index (Phi) is 5.15. The van der Waals surface area contributed by atoms with E-state index >= 15 is 0 Å². The van der Waals surface area contributed by atoms with Crippen molar-refractivity contribution < 1.29 is 17.9 Å². The predicted molar refractivity (Wildman–Crippen MR) is 122 cm³/mol. The van der Waals surface area contributed by atoms with E-state index in [1.165, 1.54) is 0 Å². The fraction of sp³-hybridized carbons (Fsp3) is 0.409. The van der Waals surface area contributed by atoms with Crippen LogP contribution in [0.3, 0.4) is 0 Å². The van der Waals surface area contributed by atoms with Crippen LogP contribution < -0.4 is 14.5 Å². The van der Waals surface area contributed by atoms with Gasteiger partial charge in [0.1, 0.15) is 5.75 Å². The minimum atomic E-state index is -3.68. The van der Waals surface area contributed by atoms with Crippen LogP contribution in [0.25, 0.3) is 0 Å². The standard InChI is InChI=1S/C22H25N3O4S2/c1-15-14-25-21(26)13-16-20(8-7-19(30-15)22(16)25)31(27,28)24-11-9-23(10-12-24)17-5-3-4-6-18(17)29-2/h3-8,15H,9-14H2,1-2H3/t15-/m1/s1. The Balaban J connectivity index is 1.41. The second-order valence-corrected chi connectivity index (χ2v) is 11.4. The molecule has 0 aliphatic carbocycles. The highest BCUT2D eigenvalue weighted by molar-refractivity contribution is 8.00. The van der Waals surface area contributed by atoms with E-state index in [-0.39, 0.29) is 17.2 Å². The lowest BCUT2D eigenvalue weighted by Gasteiger charge is -2.36. The van der Waals surface area contributed by atoms with Gasteiger partial charge in [0.2, 0.25) is 15.9 Å². The Morgan fingerprint density at radius 3 is 2.55 bits per heavy atom. The number of thioether (sulfide) groups is 1. The molecule has 0 radical (unpaired) electrons. The van der Waals surface area contributed by atoms with Gasteiger partial charge in [-0.3, -0.25) is 4.79 Å². The maximum Gasteiger partial charge on any atom is 0.243 e. The molecule has 1 atom stereocenters. The highest BCUT2D eigenvalue weighted by Crippen LogP contribution is 2.47. The van der Waals surface area contributed by atoms with E-state index < -0.39 is 10.0 Å². The molecule has 2 aromatic carbocycles. The lowest BCUT2D eigenvalue weighted by molar-refractivity contribution is -0.117. The molecule has 0 saturated carbocycles.